The molecule has 2 N–H and O–H groups in total. The van der Waals surface area contributed by atoms with Crippen molar-refractivity contribution in [1.82, 2.24) is 0 Å². The van der Waals surface area contributed by atoms with E-state index in [-0.39, 0.29) is 5.91 Å². The van der Waals surface area contributed by atoms with Gasteiger partial charge in [-0.3, -0.25) is 4.79 Å². The van der Waals surface area contributed by atoms with Crippen LogP contribution in [-0.2, 0) is 0 Å². The lowest BCUT2D eigenvalue weighted by Gasteiger charge is -2.11. The van der Waals surface area contributed by atoms with Crippen LogP contribution in [0.25, 0.3) is 0 Å². The summed E-state index contributed by atoms with van der Waals surface area (Å²) in [6.45, 7) is 4.20. The van der Waals surface area contributed by atoms with Gasteiger partial charge in [0.25, 0.3) is 0 Å². The zero-order valence-corrected chi connectivity index (χ0v) is 8.08. The van der Waals surface area contributed by atoms with Crippen LogP contribution in [0.5, 0.6) is 0 Å². The molecule has 1 atom stereocenters. The van der Waals surface area contributed by atoms with Gasteiger partial charge in [-0.1, -0.05) is 32.0 Å². The van der Waals surface area contributed by atoms with Crippen LogP contribution in [0.2, 0.25) is 0 Å². The molecule has 0 bridgehead atoms. The Hall–Kier alpha value is -1.31. The van der Waals surface area contributed by atoms with Gasteiger partial charge in [-0.25, -0.2) is 0 Å². The van der Waals surface area contributed by atoms with Gasteiger partial charge in [-0.05, 0) is 24.0 Å². The SMILES string of the molecule is CCC(C)c1ccccc1C(N)=O. The Balaban J connectivity index is 3.11. The van der Waals surface area contributed by atoms with Crippen LogP contribution in [0, 0.1) is 0 Å². The lowest BCUT2D eigenvalue weighted by Crippen LogP contribution is -2.14. The van der Waals surface area contributed by atoms with Crippen molar-refractivity contribution in [2.45, 2.75) is 26.2 Å². The molecule has 70 valence electrons. The fourth-order valence-electron chi connectivity index (χ4n) is 1.37. The highest BCUT2D eigenvalue weighted by Crippen LogP contribution is 2.21. The topological polar surface area (TPSA) is 43.1 Å². The normalized spacial score (nSPS) is 12.5. The number of carbonyl (C=O) groups is 1. The van der Waals surface area contributed by atoms with Gasteiger partial charge in [-0.2, -0.15) is 0 Å². The number of hydrogen-bond donors (Lipinski definition) is 1. The molecule has 2 nitrogen and oxygen atoms in total. The first-order valence-corrected chi connectivity index (χ1v) is 4.55. The molecule has 1 aromatic carbocycles. The standard InChI is InChI=1S/C11H15NO/c1-3-8(2)9-6-4-5-7-10(9)11(12)13/h4-8H,3H2,1-2H3,(H2,12,13). The van der Waals surface area contributed by atoms with Crippen molar-refractivity contribution in [1.29, 1.82) is 0 Å². The first-order chi connectivity index (χ1) is 6.16. The molecule has 0 aliphatic carbocycles. The van der Waals surface area contributed by atoms with Crippen LogP contribution >= 0.6 is 0 Å². The second-order valence-corrected chi connectivity index (χ2v) is 3.26. The highest BCUT2D eigenvalue weighted by Gasteiger charge is 2.11. The predicted octanol–water partition coefficient (Wildman–Crippen LogP) is 2.30. The summed E-state index contributed by atoms with van der Waals surface area (Å²) in [5, 5.41) is 0. The minimum atomic E-state index is -0.337. The summed E-state index contributed by atoms with van der Waals surface area (Å²) >= 11 is 0. The van der Waals surface area contributed by atoms with Gasteiger partial charge in [-0.15, -0.1) is 0 Å². The van der Waals surface area contributed by atoms with Gasteiger partial charge in [0.1, 0.15) is 0 Å². The number of benzene rings is 1. The van der Waals surface area contributed by atoms with Crippen molar-refractivity contribution in [2.24, 2.45) is 5.73 Å². The van der Waals surface area contributed by atoms with Crippen molar-refractivity contribution < 1.29 is 4.79 Å². The Morgan fingerprint density at radius 2 is 2.08 bits per heavy atom. The van der Waals surface area contributed by atoms with E-state index in [1.165, 1.54) is 0 Å². The summed E-state index contributed by atoms with van der Waals surface area (Å²) in [7, 11) is 0. The third-order valence-corrected chi connectivity index (χ3v) is 2.37. The molecule has 1 aromatic rings. The molecule has 0 spiro atoms. The number of nitrogens with two attached hydrogens (primary N) is 1. The largest absolute Gasteiger partial charge is 0.366 e. The zero-order chi connectivity index (χ0) is 9.84. The van der Waals surface area contributed by atoms with Gasteiger partial charge < -0.3 is 5.73 Å². The number of primary amides is 1. The van der Waals surface area contributed by atoms with Crippen LogP contribution in [-0.4, -0.2) is 5.91 Å². The fraction of sp³-hybridized carbons (Fsp3) is 0.364. The van der Waals surface area contributed by atoms with Crippen molar-refractivity contribution in [3.63, 3.8) is 0 Å². The molecule has 0 radical (unpaired) electrons. The van der Waals surface area contributed by atoms with Crippen molar-refractivity contribution in [3.05, 3.63) is 35.4 Å². The molecule has 0 aromatic heterocycles. The van der Waals surface area contributed by atoms with E-state index in [1.54, 1.807) is 6.07 Å². The van der Waals surface area contributed by atoms with Crippen molar-refractivity contribution in [2.75, 3.05) is 0 Å². The van der Waals surface area contributed by atoms with E-state index in [0.717, 1.165) is 12.0 Å². The van der Waals surface area contributed by atoms with E-state index in [1.807, 2.05) is 18.2 Å². The minimum Gasteiger partial charge on any atom is -0.366 e. The third kappa shape index (κ3) is 2.08. The molecule has 1 unspecified atom stereocenters. The summed E-state index contributed by atoms with van der Waals surface area (Å²) in [5.74, 6) is 0.0552. The molecule has 1 amide bonds. The Morgan fingerprint density at radius 3 is 2.62 bits per heavy atom. The summed E-state index contributed by atoms with van der Waals surface area (Å²) in [4.78, 5) is 11.1. The monoisotopic (exact) mass is 177 g/mol. The maximum atomic E-state index is 11.1. The Kier molecular flexibility index (Phi) is 3.07. The van der Waals surface area contributed by atoms with E-state index >= 15 is 0 Å². The number of carbonyl (C=O) groups excluding carboxylic acids is 1. The number of amides is 1. The van der Waals surface area contributed by atoms with Crippen molar-refractivity contribution >= 4 is 5.91 Å². The quantitative estimate of drug-likeness (QED) is 0.756. The smallest absolute Gasteiger partial charge is 0.248 e. The number of rotatable bonds is 3. The average Bonchev–Trinajstić information content (AvgIpc) is 2.16. The molecular formula is C11H15NO. The van der Waals surface area contributed by atoms with Crippen LogP contribution in [0.15, 0.2) is 24.3 Å². The van der Waals surface area contributed by atoms with Gasteiger partial charge >= 0.3 is 0 Å². The summed E-state index contributed by atoms with van der Waals surface area (Å²) in [5.41, 5.74) is 6.97. The third-order valence-electron chi connectivity index (χ3n) is 2.37. The second kappa shape index (κ2) is 4.08. The van der Waals surface area contributed by atoms with E-state index in [9.17, 15) is 4.79 Å². The van der Waals surface area contributed by atoms with Gasteiger partial charge in [0.15, 0.2) is 0 Å². The molecule has 0 fully saturated rings. The van der Waals surface area contributed by atoms with Crippen LogP contribution in [0.3, 0.4) is 0 Å². The van der Waals surface area contributed by atoms with E-state index in [2.05, 4.69) is 13.8 Å². The fourth-order valence-corrected chi connectivity index (χ4v) is 1.37. The molecule has 0 saturated heterocycles. The zero-order valence-electron chi connectivity index (χ0n) is 8.08. The Morgan fingerprint density at radius 1 is 1.46 bits per heavy atom. The maximum Gasteiger partial charge on any atom is 0.248 e. The minimum absolute atomic E-state index is 0.337. The van der Waals surface area contributed by atoms with E-state index in [4.69, 9.17) is 5.73 Å². The number of hydrogen-bond acceptors (Lipinski definition) is 1. The first kappa shape index (κ1) is 9.78. The van der Waals surface area contributed by atoms with Crippen LogP contribution in [0.1, 0.15) is 42.1 Å². The summed E-state index contributed by atoms with van der Waals surface area (Å²) in [6.07, 6.45) is 1.02. The lowest BCUT2D eigenvalue weighted by atomic mass is 9.93. The van der Waals surface area contributed by atoms with Crippen LogP contribution in [0.4, 0.5) is 0 Å². The highest BCUT2D eigenvalue weighted by atomic mass is 16.1. The Bertz CT molecular complexity index is 307. The highest BCUT2D eigenvalue weighted by molar-refractivity contribution is 5.94. The molecule has 0 heterocycles. The van der Waals surface area contributed by atoms with Crippen molar-refractivity contribution in [3.8, 4) is 0 Å². The van der Waals surface area contributed by atoms with Gasteiger partial charge in [0, 0.05) is 5.56 Å². The predicted molar refractivity (Wildman–Crippen MR) is 53.7 cm³/mol. The molecular weight excluding hydrogens is 162 g/mol. The molecule has 1 rings (SSSR count). The summed E-state index contributed by atoms with van der Waals surface area (Å²) < 4.78 is 0. The van der Waals surface area contributed by atoms with Crippen LogP contribution < -0.4 is 5.73 Å². The lowest BCUT2D eigenvalue weighted by molar-refractivity contribution is 0.0999. The van der Waals surface area contributed by atoms with E-state index < -0.39 is 0 Å². The molecule has 0 saturated carbocycles. The first-order valence-electron chi connectivity index (χ1n) is 4.55. The molecule has 13 heavy (non-hydrogen) atoms. The Labute approximate surface area is 78.8 Å². The van der Waals surface area contributed by atoms with Gasteiger partial charge in [0.2, 0.25) is 5.91 Å². The van der Waals surface area contributed by atoms with Gasteiger partial charge in [0.05, 0.1) is 0 Å². The second-order valence-electron chi connectivity index (χ2n) is 3.26. The summed E-state index contributed by atoms with van der Waals surface area (Å²) in [6, 6.07) is 7.53. The average molecular weight is 177 g/mol. The molecule has 0 aliphatic rings. The maximum absolute atomic E-state index is 11.1. The van der Waals surface area contributed by atoms with E-state index in [0.29, 0.717) is 11.5 Å². The molecule has 2 heteroatoms. The molecule has 0 aliphatic heterocycles.